The minimum atomic E-state index is -0.262. The van der Waals surface area contributed by atoms with Gasteiger partial charge in [0.1, 0.15) is 6.61 Å². The quantitative estimate of drug-likeness (QED) is 0.579. The highest BCUT2D eigenvalue weighted by Crippen LogP contribution is 2.18. The van der Waals surface area contributed by atoms with E-state index < -0.39 is 0 Å². The second-order valence-corrected chi connectivity index (χ2v) is 2.55. The van der Waals surface area contributed by atoms with E-state index in [2.05, 4.69) is 6.07 Å². The molecule has 0 amide bonds. The third-order valence-electron chi connectivity index (χ3n) is 1.72. The average Bonchev–Trinajstić information content (AvgIpc) is 2.54. The van der Waals surface area contributed by atoms with Crippen LogP contribution in [0.4, 0.5) is 0 Å². The van der Waals surface area contributed by atoms with Crippen LogP contribution in [-0.4, -0.2) is 12.6 Å². The molecule has 1 radical (unpaired) electrons. The Morgan fingerprint density at radius 3 is 2.92 bits per heavy atom. The smallest absolute Gasteiger partial charge is 0.331 e. The molecule has 0 aromatic heterocycles. The molecular formula is C10H7O2. The van der Waals surface area contributed by atoms with Crippen molar-refractivity contribution in [2.75, 3.05) is 6.61 Å². The lowest BCUT2D eigenvalue weighted by atomic mass is 10.1. The van der Waals surface area contributed by atoms with Gasteiger partial charge in [0.2, 0.25) is 0 Å². The molecule has 1 aromatic rings. The summed E-state index contributed by atoms with van der Waals surface area (Å²) < 4.78 is 4.77. The number of benzene rings is 1. The minimum absolute atomic E-state index is 0.262. The van der Waals surface area contributed by atoms with E-state index in [9.17, 15) is 4.79 Å². The van der Waals surface area contributed by atoms with Crippen molar-refractivity contribution in [3.05, 3.63) is 42.0 Å². The first-order chi connectivity index (χ1) is 5.86. The fourth-order valence-electron chi connectivity index (χ4n) is 1.12. The summed E-state index contributed by atoms with van der Waals surface area (Å²) >= 11 is 0. The number of esters is 1. The van der Waals surface area contributed by atoms with Crippen LogP contribution >= 0.6 is 0 Å². The molecule has 0 saturated carbocycles. The third kappa shape index (κ3) is 1.23. The Balaban J connectivity index is 2.33. The summed E-state index contributed by atoms with van der Waals surface area (Å²) in [4.78, 5) is 10.7. The monoisotopic (exact) mass is 159 g/mol. The Morgan fingerprint density at radius 1 is 1.42 bits per heavy atom. The van der Waals surface area contributed by atoms with Gasteiger partial charge in [-0.15, -0.1) is 0 Å². The van der Waals surface area contributed by atoms with Gasteiger partial charge in [-0.25, -0.2) is 4.79 Å². The van der Waals surface area contributed by atoms with Gasteiger partial charge in [-0.05, 0) is 11.6 Å². The Morgan fingerprint density at radius 2 is 2.33 bits per heavy atom. The SMILES string of the molecule is O=C1C=C(c2[c]cccc2)CO1. The molecule has 2 rings (SSSR count). The number of cyclic esters (lactones) is 1. The van der Waals surface area contributed by atoms with Gasteiger partial charge in [-0.3, -0.25) is 0 Å². The number of ether oxygens (including phenoxy) is 1. The Labute approximate surface area is 70.5 Å². The van der Waals surface area contributed by atoms with Crippen molar-refractivity contribution in [2.45, 2.75) is 0 Å². The molecular weight excluding hydrogens is 152 g/mol. The molecule has 0 saturated heterocycles. The van der Waals surface area contributed by atoms with Crippen molar-refractivity contribution < 1.29 is 9.53 Å². The summed E-state index contributed by atoms with van der Waals surface area (Å²) in [6, 6.07) is 10.6. The molecule has 0 spiro atoms. The fraction of sp³-hybridized carbons (Fsp3) is 0.100. The van der Waals surface area contributed by atoms with Gasteiger partial charge in [0.15, 0.2) is 0 Å². The fourth-order valence-corrected chi connectivity index (χ4v) is 1.12. The summed E-state index contributed by atoms with van der Waals surface area (Å²) in [6.07, 6.45) is 1.51. The first-order valence-electron chi connectivity index (χ1n) is 3.71. The van der Waals surface area contributed by atoms with Gasteiger partial charge in [-0.2, -0.15) is 0 Å². The average molecular weight is 159 g/mol. The molecule has 0 fully saturated rings. The van der Waals surface area contributed by atoms with E-state index in [1.165, 1.54) is 6.08 Å². The van der Waals surface area contributed by atoms with Crippen LogP contribution in [0.5, 0.6) is 0 Å². The standard InChI is InChI=1S/C10H7O2/c11-10-6-9(7-12-10)8-4-2-1-3-5-8/h1-4,6H,7H2. The first kappa shape index (κ1) is 7.10. The molecule has 0 N–H and O–H groups in total. The number of carbonyl (C=O) groups is 1. The normalized spacial score (nSPS) is 15.7. The zero-order valence-electron chi connectivity index (χ0n) is 6.41. The molecule has 2 heteroatoms. The third-order valence-corrected chi connectivity index (χ3v) is 1.72. The van der Waals surface area contributed by atoms with Crippen molar-refractivity contribution in [1.82, 2.24) is 0 Å². The zero-order valence-corrected chi connectivity index (χ0v) is 6.41. The lowest BCUT2D eigenvalue weighted by Crippen LogP contribution is -1.91. The first-order valence-corrected chi connectivity index (χ1v) is 3.71. The zero-order chi connectivity index (χ0) is 8.39. The summed E-state index contributed by atoms with van der Waals surface area (Å²) in [7, 11) is 0. The van der Waals surface area contributed by atoms with Gasteiger partial charge in [0, 0.05) is 11.6 Å². The van der Waals surface area contributed by atoms with Gasteiger partial charge < -0.3 is 4.74 Å². The molecule has 0 unspecified atom stereocenters. The predicted octanol–water partition coefficient (Wildman–Crippen LogP) is 1.43. The van der Waals surface area contributed by atoms with Crippen molar-refractivity contribution >= 4 is 11.5 Å². The van der Waals surface area contributed by atoms with Gasteiger partial charge in [0.05, 0.1) is 0 Å². The second kappa shape index (κ2) is 2.81. The van der Waals surface area contributed by atoms with Crippen LogP contribution in [0.1, 0.15) is 5.56 Å². The number of rotatable bonds is 1. The van der Waals surface area contributed by atoms with Gasteiger partial charge in [-0.1, -0.05) is 24.3 Å². The molecule has 1 aliphatic rings. The van der Waals surface area contributed by atoms with Gasteiger partial charge in [0.25, 0.3) is 0 Å². The molecule has 1 heterocycles. The number of carbonyl (C=O) groups excluding carboxylic acids is 1. The molecule has 59 valence electrons. The van der Waals surface area contributed by atoms with Crippen molar-refractivity contribution in [2.24, 2.45) is 0 Å². The molecule has 1 aromatic carbocycles. The maximum Gasteiger partial charge on any atom is 0.331 e. The van der Waals surface area contributed by atoms with Crippen molar-refractivity contribution in [1.29, 1.82) is 0 Å². The highest BCUT2D eigenvalue weighted by molar-refractivity contribution is 5.95. The van der Waals surface area contributed by atoms with Crippen LogP contribution in [0.2, 0.25) is 0 Å². The highest BCUT2D eigenvalue weighted by Gasteiger charge is 2.13. The second-order valence-electron chi connectivity index (χ2n) is 2.55. The van der Waals surface area contributed by atoms with E-state index in [1.807, 2.05) is 24.3 Å². The molecule has 0 bridgehead atoms. The highest BCUT2D eigenvalue weighted by atomic mass is 16.5. The molecule has 12 heavy (non-hydrogen) atoms. The molecule has 0 aliphatic carbocycles. The van der Waals surface area contributed by atoms with Crippen LogP contribution in [0.3, 0.4) is 0 Å². The van der Waals surface area contributed by atoms with Crippen LogP contribution in [0.25, 0.3) is 5.57 Å². The van der Waals surface area contributed by atoms with E-state index in [-0.39, 0.29) is 5.97 Å². The maximum absolute atomic E-state index is 10.7. The van der Waals surface area contributed by atoms with Crippen LogP contribution in [0.15, 0.2) is 30.3 Å². The van der Waals surface area contributed by atoms with Crippen LogP contribution in [0, 0.1) is 6.07 Å². The van der Waals surface area contributed by atoms with E-state index in [0.717, 1.165) is 11.1 Å². The number of hydrogen-bond donors (Lipinski definition) is 0. The van der Waals surface area contributed by atoms with E-state index in [4.69, 9.17) is 4.74 Å². The Hall–Kier alpha value is -1.57. The summed E-state index contributed by atoms with van der Waals surface area (Å²) in [5.41, 5.74) is 1.84. The van der Waals surface area contributed by atoms with Crippen molar-refractivity contribution in [3.63, 3.8) is 0 Å². The predicted molar refractivity (Wildman–Crippen MR) is 44.2 cm³/mol. The lowest BCUT2D eigenvalue weighted by molar-refractivity contribution is -0.134. The summed E-state index contributed by atoms with van der Waals surface area (Å²) in [5, 5.41) is 0. The minimum Gasteiger partial charge on any atom is -0.458 e. The Kier molecular flexibility index (Phi) is 1.67. The van der Waals surface area contributed by atoms with Gasteiger partial charge >= 0.3 is 5.97 Å². The maximum atomic E-state index is 10.7. The van der Waals surface area contributed by atoms with E-state index >= 15 is 0 Å². The largest absolute Gasteiger partial charge is 0.458 e. The summed E-state index contributed by atoms with van der Waals surface area (Å²) in [6.45, 7) is 0.374. The number of hydrogen-bond acceptors (Lipinski definition) is 2. The van der Waals surface area contributed by atoms with Crippen molar-refractivity contribution in [3.8, 4) is 0 Å². The summed E-state index contributed by atoms with van der Waals surface area (Å²) in [5.74, 6) is -0.262. The topological polar surface area (TPSA) is 26.3 Å². The molecule has 2 nitrogen and oxygen atoms in total. The van der Waals surface area contributed by atoms with E-state index in [0.29, 0.717) is 6.61 Å². The lowest BCUT2D eigenvalue weighted by Gasteiger charge is -1.97. The van der Waals surface area contributed by atoms with Crippen LogP contribution < -0.4 is 0 Å². The molecule has 0 atom stereocenters. The molecule has 1 aliphatic heterocycles. The Bertz CT molecular complexity index is 325. The van der Waals surface area contributed by atoms with Crippen LogP contribution in [-0.2, 0) is 9.53 Å². The van der Waals surface area contributed by atoms with E-state index in [1.54, 1.807) is 0 Å².